The zero-order chi connectivity index (χ0) is 16.1. The molecule has 0 spiro atoms. The average molecular weight is 336 g/mol. The molecule has 0 radical (unpaired) electrons. The maximum absolute atomic E-state index is 10.8. The van der Waals surface area contributed by atoms with Crippen LogP contribution in [0.4, 0.5) is 11.4 Å². The minimum absolute atomic E-state index is 0.0219. The molecule has 0 saturated carbocycles. The largest absolute Gasteiger partial charge is 0.358 e. The quantitative estimate of drug-likeness (QED) is 0.501. The first-order valence-electron chi connectivity index (χ1n) is 6.50. The number of aryl methyl sites for hydroxylation is 1. The molecule has 0 aromatic heterocycles. The molecule has 2 aromatic carbocycles. The van der Waals surface area contributed by atoms with Crippen LogP contribution in [0.15, 0.2) is 42.5 Å². The van der Waals surface area contributed by atoms with Crippen molar-refractivity contribution in [1.29, 1.82) is 0 Å². The van der Waals surface area contributed by atoms with Gasteiger partial charge in [0.15, 0.2) is 5.11 Å². The number of hydrogen-bond donors (Lipinski definition) is 2. The second-order valence-electron chi connectivity index (χ2n) is 4.69. The van der Waals surface area contributed by atoms with Gasteiger partial charge in [-0.05, 0) is 42.4 Å². The topological polar surface area (TPSA) is 67.2 Å². The lowest BCUT2D eigenvalue weighted by atomic mass is 10.2. The molecule has 2 aromatic rings. The van der Waals surface area contributed by atoms with Gasteiger partial charge in [-0.3, -0.25) is 10.1 Å². The number of halogens is 1. The Bertz CT molecular complexity index is 704. The maximum atomic E-state index is 10.8. The Morgan fingerprint density at radius 2 is 1.95 bits per heavy atom. The molecule has 5 nitrogen and oxygen atoms in total. The molecule has 2 N–H and O–H groups in total. The molecule has 0 saturated heterocycles. The summed E-state index contributed by atoms with van der Waals surface area (Å²) in [4.78, 5) is 10.4. The molecule has 0 aliphatic carbocycles. The zero-order valence-electron chi connectivity index (χ0n) is 11.8. The summed E-state index contributed by atoms with van der Waals surface area (Å²) < 4.78 is 0. The highest BCUT2D eigenvalue weighted by molar-refractivity contribution is 7.80. The Morgan fingerprint density at radius 1 is 1.27 bits per heavy atom. The molecular formula is C15H14ClN3O2S. The van der Waals surface area contributed by atoms with Crippen molar-refractivity contribution >= 4 is 40.3 Å². The Hall–Kier alpha value is -2.18. The van der Waals surface area contributed by atoms with Crippen LogP contribution in [0.5, 0.6) is 0 Å². The molecule has 2 rings (SSSR count). The highest BCUT2D eigenvalue weighted by atomic mass is 35.5. The zero-order valence-corrected chi connectivity index (χ0v) is 13.4. The molecule has 0 atom stereocenters. The fraction of sp³-hybridized carbons (Fsp3) is 0.133. The normalized spacial score (nSPS) is 10.1. The first kappa shape index (κ1) is 16.2. The molecule has 0 aliphatic heterocycles. The minimum Gasteiger partial charge on any atom is -0.358 e. The number of nitrogens with one attached hydrogen (secondary N) is 2. The van der Waals surface area contributed by atoms with E-state index in [2.05, 4.69) is 10.6 Å². The van der Waals surface area contributed by atoms with Crippen molar-refractivity contribution in [2.45, 2.75) is 13.5 Å². The van der Waals surface area contributed by atoms with Crippen molar-refractivity contribution in [3.05, 3.63) is 68.7 Å². The van der Waals surface area contributed by atoms with Crippen LogP contribution in [0.2, 0.25) is 5.02 Å². The van der Waals surface area contributed by atoms with Gasteiger partial charge in [0.2, 0.25) is 0 Å². The number of non-ortho nitro benzene ring substituents is 1. The highest BCUT2D eigenvalue weighted by Crippen LogP contribution is 2.21. The van der Waals surface area contributed by atoms with E-state index in [1.165, 1.54) is 12.1 Å². The summed E-state index contributed by atoms with van der Waals surface area (Å²) in [5.41, 5.74) is 2.54. The van der Waals surface area contributed by atoms with E-state index in [4.69, 9.17) is 23.8 Å². The van der Waals surface area contributed by atoms with E-state index in [9.17, 15) is 10.1 Å². The lowest BCUT2D eigenvalue weighted by Gasteiger charge is -2.12. The third-order valence-electron chi connectivity index (χ3n) is 3.05. The predicted molar refractivity (Wildman–Crippen MR) is 92.3 cm³/mol. The van der Waals surface area contributed by atoms with E-state index >= 15 is 0 Å². The number of nitrogens with zero attached hydrogens (tertiary/aromatic N) is 1. The van der Waals surface area contributed by atoms with Crippen LogP contribution in [0.1, 0.15) is 11.1 Å². The van der Waals surface area contributed by atoms with Gasteiger partial charge in [0.1, 0.15) is 0 Å². The molecule has 7 heteroatoms. The summed E-state index contributed by atoms with van der Waals surface area (Å²) in [6.45, 7) is 2.39. The van der Waals surface area contributed by atoms with Crippen LogP contribution in [0.25, 0.3) is 0 Å². The Balaban J connectivity index is 1.98. The standard InChI is InChI=1S/C15H14ClN3O2S/c1-10-2-7-13(19(20)21)8-14(10)18-15(22)17-9-11-3-5-12(16)6-4-11/h2-8H,9H2,1H3,(H2,17,18,22). The van der Waals surface area contributed by atoms with E-state index in [0.717, 1.165) is 11.1 Å². The van der Waals surface area contributed by atoms with E-state index < -0.39 is 4.92 Å². The summed E-state index contributed by atoms with van der Waals surface area (Å²) in [5, 5.41) is 17.9. The van der Waals surface area contributed by atoms with E-state index in [1.807, 2.05) is 19.1 Å². The van der Waals surface area contributed by atoms with Gasteiger partial charge in [0.05, 0.1) is 4.92 Å². The van der Waals surface area contributed by atoms with Gasteiger partial charge in [-0.1, -0.05) is 29.8 Å². The van der Waals surface area contributed by atoms with Gasteiger partial charge in [-0.2, -0.15) is 0 Å². The second kappa shape index (κ2) is 7.20. The SMILES string of the molecule is Cc1ccc([N+](=O)[O-])cc1NC(=S)NCc1ccc(Cl)cc1. The molecule has 0 unspecified atom stereocenters. The molecule has 0 fully saturated rings. The van der Waals surface area contributed by atoms with Crippen molar-refractivity contribution in [3.8, 4) is 0 Å². The van der Waals surface area contributed by atoms with E-state index in [1.54, 1.807) is 18.2 Å². The number of benzene rings is 2. The predicted octanol–water partition coefficient (Wildman–Crippen LogP) is 4.04. The van der Waals surface area contributed by atoms with Crippen molar-refractivity contribution in [2.24, 2.45) is 0 Å². The van der Waals surface area contributed by atoms with Crippen molar-refractivity contribution in [1.82, 2.24) is 5.32 Å². The number of nitro groups is 1. The number of hydrogen-bond acceptors (Lipinski definition) is 3. The Morgan fingerprint density at radius 3 is 2.59 bits per heavy atom. The number of thiocarbonyl (C=S) groups is 1. The van der Waals surface area contributed by atoms with Crippen LogP contribution in [-0.2, 0) is 6.54 Å². The van der Waals surface area contributed by atoms with Crippen LogP contribution in [0, 0.1) is 17.0 Å². The van der Waals surface area contributed by atoms with Gasteiger partial charge in [-0.25, -0.2) is 0 Å². The molecular weight excluding hydrogens is 322 g/mol. The second-order valence-corrected chi connectivity index (χ2v) is 5.54. The number of anilines is 1. The third kappa shape index (κ3) is 4.41. The number of nitro benzene ring substituents is 1. The van der Waals surface area contributed by atoms with Gasteiger partial charge >= 0.3 is 0 Å². The smallest absolute Gasteiger partial charge is 0.271 e. The summed E-state index contributed by atoms with van der Waals surface area (Å²) in [6, 6.07) is 12.0. The molecule has 0 aliphatic rings. The summed E-state index contributed by atoms with van der Waals surface area (Å²) in [7, 11) is 0. The molecule has 0 heterocycles. The van der Waals surface area contributed by atoms with Crippen LogP contribution in [0.3, 0.4) is 0 Å². The first-order chi connectivity index (χ1) is 10.5. The Labute approximate surface area is 138 Å². The van der Waals surface area contributed by atoms with Crippen molar-refractivity contribution < 1.29 is 4.92 Å². The lowest BCUT2D eigenvalue weighted by Crippen LogP contribution is -2.28. The van der Waals surface area contributed by atoms with Crippen LogP contribution < -0.4 is 10.6 Å². The minimum atomic E-state index is -0.436. The summed E-state index contributed by atoms with van der Waals surface area (Å²) >= 11 is 11.0. The fourth-order valence-electron chi connectivity index (χ4n) is 1.81. The lowest BCUT2D eigenvalue weighted by molar-refractivity contribution is -0.384. The van der Waals surface area contributed by atoms with Crippen LogP contribution >= 0.6 is 23.8 Å². The third-order valence-corrected chi connectivity index (χ3v) is 3.54. The van der Waals surface area contributed by atoms with Gasteiger partial charge in [0.25, 0.3) is 5.69 Å². The molecule has 0 bridgehead atoms. The van der Waals surface area contributed by atoms with Gasteiger partial charge in [-0.15, -0.1) is 0 Å². The number of rotatable bonds is 4. The highest BCUT2D eigenvalue weighted by Gasteiger charge is 2.09. The monoisotopic (exact) mass is 335 g/mol. The first-order valence-corrected chi connectivity index (χ1v) is 7.28. The van der Waals surface area contributed by atoms with Crippen molar-refractivity contribution in [2.75, 3.05) is 5.32 Å². The fourth-order valence-corrected chi connectivity index (χ4v) is 2.12. The molecule has 114 valence electrons. The van der Waals surface area contributed by atoms with E-state index in [-0.39, 0.29) is 5.69 Å². The summed E-state index contributed by atoms with van der Waals surface area (Å²) in [5.74, 6) is 0. The maximum Gasteiger partial charge on any atom is 0.271 e. The van der Waals surface area contributed by atoms with Crippen LogP contribution in [-0.4, -0.2) is 10.0 Å². The van der Waals surface area contributed by atoms with Gasteiger partial charge in [0, 0.05) is 29.4 Å². The van der Waals surface area contributed by atoms with E-state index in [0.29, 0.717) is 22.4 Å². The van der Waals surface area contributed by atoms with Gasteiger partial charge < -0.3 is 10.6 Å². The summed E-state index contributed by atoms with van der Waals surface area (Å²) in [6.07, 6.45) is 0. The molecule has 0 amide bonds. The Kier molecular flexibility index (Phi) is 5.30. The molecule has 22 heavy (non-hydrogen) atoms. The average Bonchev–Trinajstić information content (AvgIpc) is 2.48. The van der Waals surface area contributed by atoms with Crippen molar-refractivity contribution in [3.63, 3.8) is 0 Å².